The Balaban J connectivity index is 2.69. The van der Waals surface area contributed by atoms with Crippen LogP contribution in [0.15, 0.2) is 23.6 Å². The van der Waals surface area contributed by atoms with Gasteiger partial charge in [0.05, 0.1) is 24.0 Å². The SMILES string of the molecule is CN(C)/[N+]([O-])=N\Oc1ccc([N+](=O)[O-])cn1. The summed E-state index contributed by atoms with van der Waals surface area (Å²) in [5.41, 5.74) is -0.168. The molecule has 9 heteroatoms. The molecule has 0 amide bonds. The number of rotatable bonds is 4. The van der Waals surface area contributed by atoms with E-state index in [-0.39, 0.29) is 16.5 Å². The molecule has 0 saturated heterocycles. The molecule has 0 aliphatic carbocycles. The number of nitro groups is 1. The second-order valence-corrected chi connectivity index (χ2v) is 2.88. The first-order valence-corrected chi connectivity index (χ1v) is 4.13. The third-order valence-corrected chi connectivity index (χ3v) is 1.48. The molecule has 0 unspecified atom stereocenters. The number of aromatic nitrogens is 1. The Hall–Kier alpha value is -2.45. The van der Waals surface area contributed by atoms with E-state index in [1.54, 1.807) is 0 Å². The molecule has 1 rings (SSSR count). The maximum Gasteiger partial charge on any atom is 0.287 e. The fourth-order valence-corrected chi connectivity index (χ4v) is 0.684. The number of hydrogen-bond donors (Lipinski definition) is 0. The van der Waals surface area contributed by atoms with Crippen molar-refractivity contribution in [3.8, 4) is 5.88 Å². The van der Waals surface area contributed by atoms with Gasteiger partial charge < -0.3 is 5.21 Å². The van der Waals surface area contributed by atoms with Gasteiger partial charge in [0.15, 0.2) is 0 Å². The lowest BCUT2D eigenvalue weighted by atomic mass is 10.4. The fourth-order valence-electron chi connectivity index (χ4n) is 0.684. The summed E-state index contributed by atoms with van der Waals surface area (Å²) < 4.78 is 0. The Morgan fingerprint density at radius 2 is 2.12 bits per heavy atom. The fraction of sp³-hybridized carbons (Fsp3) is 0.286. The van der Waals surface area contributed by atoms with Crippen LogP contribution in [0, 0.1) is 15.3 Å². The molecule has 9 nitrogen and oxygen atoms in total. The maximum absolute atomic E-state index is 10.9. The molecule has 0 aliphatic heterocycles. The van der Waals surface area contributed by atoms with Crippen LogP contribution in [0.3, 0.4) is 0 Å². The first-order chi connectivity index (χ1) is 7.50. The summed E-state index contributed by atoms with van der Waals surface area (Å²) in [6.07, 6.45) is 1.01. The van der Waals surface area contributed by atoms with E-state index in [4.69, 9.17) is 0 Å². The monoisotopic (exact) mass is 227 g/mol. The average molecular weight is 227 g/mol. The van der Waals surface area contributed by atoms with Crippen molar-refractivity contribution in [3.63, 3.8) is 0 Å². The highest BCUT2D eigenvalue weighted by atomic mass is 16.7. The number of hydrogen-bond acceptors (Lipinski definition) is 6. The smallest absolute Gasteiger partial charge is 0.287 e. The van der Waals surface area contributed by atoms with Gasteiger partial charge in [-0.25, -0.2) is 4.98 Å². The summed E-state index contributed by atoms with van der Waals surface area (Å²) in [4.78, 5) is 18.1. The van der Waals surface area contributed by atoms with Crippen molar-refractivity contribution in [2.45, 2.75) is 0 Å². The lowest BCUT2D eigenvalue weighted by Crippen LogP contribution is -2.21. The largest absolute Gasteiger partial charge is 0.569 e. The highest BCUT2D eigenvalue weighted by Crippen LogP contribution is 2.13. The summed E-state index contributed by atoms with van der Waals surface area (Å²) in [6, 6.07) is 2.44. The molecule has 1 aromatic rings. The zero-order chi connectivity index (χ0) is 12.1. The minimum atomic E-state index is -0.590. The molecule has 0 N–H and O–H groups in total. The minimum absolute atomic E-state index is 0.00620. The van der Waals surface area contributed by atoms with Gasteiger partial charge in [0.25, 0.3) is 11.6 Å². The maximum atomic E-state index is 10.9. The van der Waals surface area contributed by atoms with Crippen LogP contribution in [0.2, 0.25) is 0 Å². The molecule has 0 bridgehead atoms. The summed E-state index contributed by atoms with van der Waals surface area (Å²) in [6.45, 7) is 0. The van der Waals surface area contributed by atoms with Gasteiger partial charge in [0, 0.05) is 12.1 Å². The Morgan fingerprint density at radius 1 is 1.44 bits per heavy atom. The van der Waals surface area contributed by atoms with Crippen LogP contribution in [-0.4, -0.2) is 34.0 Å². The van der Waals surface area contributed by atoms with Gasteiger partial charge in [-0.2, -0.15) is 5.01 Å². The molecule has 1 heterocycles. The van der Waals surface area contributed by atoms with Crippen LogP contribution >= 0.6 is 0 Å². The predicted octanol–water partition coefficient (Wildman–Crippen LogP) is 0.723. The van der Waals surface area contributed by atoms with Gasteiger partial charge >= 0.3 is 0 Å². The summed E-state index contributed by atoms with van der Waals surface area (Å²) in [5, 5.41) is 25.5. The van der Waals surface area contributed by atoms with Gasteiger partial charge in [-0.15, -0.1) is 0 Å². The normalized spacial score (nSPS) is 11.0. The zero-order valence-electron chi connectivity index (χ0n) is 8.60. The Bertz CT molecular complexity index is 402. The van der Waals surface area contributed by atoms with Crippen LogP contribution in [0.4, 0.5) is 5.69 Å². The van der Waals surface area contributed by atoms with Crippen LogP contribution in [0.1, 0.15) is 0 Å². The zero-order valence-corrected chi connectivity index (χ0v) is 8.60. The van der Waals surface area contributed by atoms with Gasteiger partial charge in [-0.05, 0) is 0 Å². The summed E-state index contributed by atoms with van der Waals surface area (Å²) in [7, 11) is 2.95. The highest BCUT2D eigenvalue weighted by molar-refractivity contribution is 5.28. The first-order valence-electron chi connectivity index (χ1n) is 4.13. The first kappa shape index (κ1) is 11.6. The van der Waals surface area contributed by atoms with E-state index < -0.39 is 4.92 Å². The Morgan fingerprint density at radius 3 is 2.56 bits per heavy atom. The van der Waals surface area contributed by atoms with Crippen molar-refractivity contribution < 1.29 is 14.7 Å². The van der Waals surface area contributed by atoms with Gasteiger partial charge in [0.2, 0.25) is 5.28 Å². The standard InChI is InChI=1S/C7H9N5O4/c1-10(2)12(15)9-16-7-4-3-6(5-8-7)11(13)14/h3-5H,1-2H3/b12-9+. The van der Waals surface area contributed by atoms with Crippen molar-refractivity contribution in [2.24, 2.45) is 5.28 Å². The molecule has 0 atom stereocenters. The van der Waals surface area contributed by atoms with E-state index >= 15 is 0 Å². The molecule has 0 spiro atoms. The van der Waals surface area contributed by atoms with Crippen LogP contribution in [-0.2, 0) is 0 Å². The van der Waals surface area contributed by atoms with Crippen LogP contribution in [0.5, 0.6) is 5.88 Å². The van der Waals surface area contributed by atoms with E-state index in [1.807, 2.05) is 0 Å². The molecule has 0 aromatic carbocycles. The Kier molecular flexibility index (Phi) is 3.53. The predicted molar refractivity (Wildman–Crippen MR) is 51.3 cm³/mol. The Labute approximate surface area is 90.2 Å². The summed E-state index contributed by atoms with van der Waals surface area (Å²) >= 11 is 0. The lowest BCUT2D eigenvalue weighted by Gasteiger charge is -2.04. The van der Waals surface area contributed by atoms with Crippen molar-refractivity contribution in [3.05, 3.63) is 33.7 Å². The van der Waals surface area contributed by atoms with Crippen molar-refractivity contribution in [1.82, 2.24) is 9.99 Å². The van der Waals surface area contributed by atoms with Gasteiger partial charge in [0.1, 0.15) is 6.20 Å². The van der Waals surface area contributed by atoms with Crippen LogP contribution < -0.4 is 4.84 Å². The second kappa shape index (κ2) is 4.87. The van der Waals surface area contributed by atoms with Gasteiger partial charge in [-0.1, -0.05) is 0 Å². The topological polar surface area (TPSA) is 107 Å². The van der Waals surface area contributed by atoms with Crippen molar-refractivity contribution in [1.29, 1.82) is 0 Å². The number of pyridine rings is 1. The van der Waals surface area contributed by atoms with E-state index in [9.17, 15) is 15.3 Å². The quantitative estimate of drug-likeness (QED) is 0.324. The highest BCUT2D eigenvalue weighted by Gasteiger charge is 2.07. The van der Waals surface area contributed by atoms with Crippen LogP contribution in [0.25, 0.3) is 0 Å². The van der Waals surface area contributed by atoms with Gasteiger partial charge in [-0.3, -0.25) is 15.0 Å². The second-order valence-electron chi connectivity index (χ2n) is 2.88. The average Bonchev–Trinajstić information content (AvgIpc) is 2.26. The summed E-state index contributed by atoms with van der Waals surface area (Å²) in [5.74, 6) is -0.00620. The third kappa shape index (κ3) is 3.04. The lowest BCUT2D eigenvalue weighted by molar-refractivity contribution is -0.695. The number of nitrogens with zero attached hydrogens (tertiary/aromatic N) is 5. The van der Waals surface area contributed by atoms with E-state index in [0.717, 1.165) is 11.2 Å². The molecular formula is C7H9N5O4. The third-order valence-electron chi connectivity index (χ3n) is 1.48. The molecule has 0 aliphatic rings. The van der Waals surface area contributed by atoms with Crippen molar-refractivity contribution >= 4 is 5.69 Å². The minimum Gasteiger partial charge on any atom is -0.569 e. The van der Waals surface area contributed by atoms with E-state index in [0.29, 0.717) is 0 Å². The molecule has 0 radical (unpaired) electrons. The molecule has 1 aromatic heterocycles. The van der Waals surface area contributed by atoms with E-state index in [1.165, 1.54) is 26.2 Å². The van der Waals surface area contributed by atoms with E-state index in [2.05, 4.69) is 15.1 Å². The molecule has 0 fully saturated rings. The molecular weight excluding hydrogens is 218 g/mol. The number of hydrazine groups is 1. The molecule has 86 valence electrons. The molecule has 0 saturated carbocycles. The van der Waals surface area contributed by atoms with Crippen molar-refractivity contribution in [2.75, 3.05) is 14.1 Å². The molecule has 16 heavy (non-hydrogen) atoms.